The maximum absolute atomic E-state index is 12.2. The zero-order valence-corrected chi connectivity index (χ0v) is 17.4. The minimum absolute atomic E-state index is 0.166. The molecular formula is C20H25N3O7. The standard InChI is InChI=1S/C20H25N3O7/c1-5-8-21-20(26)22-18(24)11-29-19(25)14-6-7-16(17(9-14)27-4)28-10-15-12(2)23-30-13(15)3/h6-7,9H,5,8,10-11H2,1-4H3,(H2,21,22,24,26). The number of urea groups is 1. The van der Waals surface area contributed by atoms with Crippen LogP contribution in [0.1, 0.15) is 40.7 Å². The maximum atomic E-state index is 12.2. The van der Waals surface area contributed by atoms with Gasteiger partial charge in [0, 0.05) is 6.54 Å². The molecule has 0 spiro atoms. The van der Waals surface area contributed by atoms with E-state index in [1.807, 2.05) is 13.8 Å². The number of carbonyl (C=O) groups is 3. The van der Waals surface area contributed by atoms with E-state index in [0.717, 1.165) is 17.7 Å². The molecule has 10 nitrogen and oxygen atoms in total. The van der Waals surface area contributed by atoms with Crippen molar-refractivity contribution in [3.63, 3.8) is 0 Å². The lowest BCUT2D eigenvalue weighted by Gasteiger charge is -2.12. The minimum atomic E-state index is -0.741. The monoisotopic (exact) mass is 419 g/mol. The first-order valence-corrected chi connectivity index (χ1v) is 9.33. The molecule has 0 bridgehead atoms. The van der Waals surface area contributed by atoms with Crippen LogP contribution in [0.4, 0.5) is 4.79 Å². The molecule has 3 amide bonds. The molecule has 0 aliphatic heterocycles. The predicted octanol–water partition coefficient (Wildman–Crippen LogP) is 2.27. The summed E-state index contributed by atoms with van der Waals surface area (Å²) in [4.78, 5) is 35.3. The Kier molecular flexibility index (Phi) is 8.21. The second kappa shape index (κ2) is 10.8. The molecule has 2 rings (SSSR count). The summed E-state index contributed by atoms with van der Waals surface area (Å²) in [6, 6.07) is 3.85. The van der Waals surface area contributed by atoms with Gasteiger partial charge in [-0.05, 0) is 38.5 Å². The van der Waals surface area contributed by atoms with Crippen LogP contribution in [0.3, 0.4) is 0 Å². The van der Waals surface area contributed by atoms with Gasteiger partial charge in [-0.2, -0.15) is 0 Å². The summed E-state index contributed by atoms with van der Waals surface area (Å²) in [5.41, 5.74) is 1.72. The summed E-state index contributed by atoms with van der Waals surface area (Å²) in [5, 5.41) is 8.42. The molecule has 0 radical (unpaired) electrons. The van der Waals surface area contributed by atoms with E-state index in [1.54, 1.807) is 13.0 Å². The van der Waals surface area contributed by atoms with E-state index in [9.17, 15) is 14.4 Å². The van der Waals surface area contributed by atoms with Crippen LogP contribution in [0.15, 0.2) is 22.7 Å². The second-order valence-corrected chi connectivity index (χ2v) is 6.34. The Morgan fingerprint density at radius 1 is 1.17 bits per heavy atom. The Morgan fingerprint density at radius 3 is 2.57 bits per heavy atom. The fourth-order valence-corrected chi connectivity index (χ4v) is 2.43. The first-order valence-electron chi connectivity index (χ1n) is 9.33. The number of rotatable bonds is 9. The van der Waals surface area contributed by atoms with Crippen LogP contribution >= 0.6 is 0 Å². The molecule has 0 saturated heterocycles. The quantitative estimate of drug-likeness (QED) is 0.592. The average Bonchev–Trinajstić information content (AvgIpc) is 3.06. The number of hydrogen-bond acceptors (Lipinski definition) is 8. The van der Waals surface area contributed by atoms with Gasteiger partial charge in [0.1, 0.15) is 12.4 Å². The highest BCUT2D eigenvalue weighted by atomic mass is 16.5. The Balaban J connectivity index is 1.94. The molecule has 0 fully saturated rings. The number of amides is 3. The van der Waals surface area contributed by atoms with Crippen LogP contribution in [0.25, 0.3) is 0 Å². The number of nitrogens with zero attached hydrogens (tertiary/aromatic N) is 1. The normalized spacial score (nSPS) is 10.3. The van der Waals surface area contributed by atoms with Gasteiger partial charge in [0.2, 0.25) is 0 Å². The summed E-state index contributed by atoms with van der Waals surface area (Å²) in [6.07, 6.45) is 0.732. The molecule has 30 heavy (non-hydrogen) atoms. The number of imide groups is 1. The Morgan fingerprint density at radius 2 is 1.93 bits per heavy atom. The lowest BCUT2D eigenvalue weighted by atomic mass is 10.2. The fraction of sp³-hybridized carbons (Fsp3) is 0.400. The molecule has 1 aromatic heterocycles. The van der Waals surface area contributed by atoms with Gasteiger partial charge >= 0.3 is 12.0 Å². The smallest absolute Gasteiger partial charge is 0.338 e. The molecule has 0 aliphatic rings. The van der Waals surface area contributed by atoms with Crippen molar-refractivity contribution in [2.45, 2.75) is 33.8 Å². The van der Waals surface area contributed by atoms with E-state index in [1.165, 1.54) is 19.2 Å². The Labute approximate surface area is 173 Å². The first kappa shape index (κ1) is 22.7. The molecule has 0 atom stereocenters. The van der Waals surface area contributed by atoms with E-state index in [2.05, 4.69) is 15.8 Å². The molecule has 2 N–H and O–H groups in total. The van der Waals surface area contributed by atoms with Crippen molar-refractivity contribution in [1.29, 1.82) is 0 Å². The van der Waals surface area contributed by atoms with Gasteiger partial charge in [-0.15, -0.1) is 0 Å². The van der Waals surface area contributed by atoms with Crippen LogP contribution in [0, 0.1) is 13.8 Å². The summed E-state index contributed by atoms with van der Waals surface area (Å²) < 4.78 is 21.1. The van der Waals surface area contributed by atoms with E-state index >= 15 is 0 Å². The summed E-state index contributed by atoms with van der Waals surface area (Å²) >= 11 is 0. The van der Waals surface area contributed by atoms with Crippen molar-refractivity contribution in [3.8, 4) is 11.5 Å². The summed E-state index contributed by atoms with van der Waals surface area (Å²) in [7, 11) is 1.44. The molecule has 0 unspecified atom stereocenters. The van der Waals surface area contributed by atoms with Crippen molar-refractivity contribution in [2.24, 2.45) is 0 Å². The minimum Gasteiger partial charge on any atom is -0.493 e. The summed E-state index contributed by atoms with van der Waals surface area (Å²) in [6.45, 7) is 5.55. The van der Waals surface area contributed by atoms with Crippen molar-refractivity contribution in [2.75, 3.05) is 20.3 Å². The fourth-order valence-electron chi connectivity index (χ4n) is 2.43. The number of aryl methyl sites for hydroxylation is 2. The molecule has 0 aliphatic carbocycles. The van der Waals surface area contributed by atoms with E-state index in [-0.39, 0.29) is 12.2 Å². The number of esters is 1. The zero-order valence-electron chi connectivity index (χ0n) is 17.4. The Hall–Kier alpha value is -3.56. The molecule has 10 heteroatoms. The van der Waals surface area contributed by atoms with Gasteiger partial charge < -0.3 is 24.1 Å². The first-order chi connectivity index (χ1) is 14.3. The number of benzene rings is 1. The average molecular weight is 419 g/mol. The highest BCUT2D eigenvalue weighted by Crippen LogP contribution is 2.29. The highest BCUT2D eigenvalue weighted by molar-refractivity contribution is 5.97. The van der Waals surface area contributed by atoms with Crippen molar-refractivity contribution < 1.29 is 33.1 Å². The number of aromatic nitrogens is 1. The number of hydrogen-bond donors (Lipinski definition) is 2. The zero-order chi connectivity index (χ0) is 22.1. The molecule has 1 heterocycles. The van der Waals surface area contributed by atoms with Crippen LogP contribution in [0.5, 0.6) is 11.5 Å². The van der Waals surface area contributed by atoms with Gasteiger partial charge in [-0.25, -0.2) is 9.59 Å². The van der Waals surface area contributed by atoms with Crippen molar-refractivity contribution in [1.82, 2.24) is 15.8 Å². The molecule has 1 aromatic carbocycles. The van der Waals surface area contributed by atoms with E-state index in [4.69, 9.17) is 18.7 Å². The van der Waals surface area contributed by atoms with E-state index in [0.29, 0.717) is 23.8 Å². The van der Waals surface area contributed by atoms with Crippen LogP contribution in [-0.4, -0.2) is 43.3 Å². The topological polar surface area (TPSA) is 129 Å². The van der Waals surface area contributed by atoms with Crippen LogP contribution in [-0.2, 0) is 16.1 Å². The Bertz CT molecular complexity index is 888. The van der Waals surface area contributed by atoms with Crippen LogP contribution in [0.2, 0.25) is 0 Å². The largest absolute Gasteiger partial charge is 0.493 e. The lowest BCUT2D eigenvalue weighted by molar-refractivity contribution is -0.123. The van der Waals surface area contributed by atoms with Crippen molar-refractivity contribution in [3.05, 3.63) is 40.8 Å². The third-order valence-electron chi connectivity index (χ3n) is 4.08. The lowest BCUT2D eigenvalue weighted by Crippen LogP contribution is -2.41. The van der Waals surface area contributed by atoms with E-state index < -0.39 is 24.5 Å². The molecule has 2 aromatic rings. The third kappa shape index (κ3) is 6.23. The van der Waals surface area contributed by atoms with Gasteiger partial charge in [0.05, 0.1) is 23.9 Å². The molecular weight excluding hydrogens is 394 g/mol. The predicted molar refractivity (Wildman–Crippen MR) is 105 cm³/mol. The molecule has 0 saturated carbocycles. The van der Waals surface area contributed by atoms with Crippen molar-refractivity contribution >= 4 is 17.9 Å². The number of carbonyl (C=O) groups excluding carboxylic acids is 3. The highest BCUT2D eigenvalue weighted by Gasteiger charge is 2.16. The van der Waals surface area contributed by atoms with Gasteiger partial charge in [-0.3, -0.25) is 10.1 Å². The number of methoxy groups -OCH3 is 1. The van der Waals surface area contributed by atoms with Gasteiger partial charge in [0.15, 0.2) is 18.1 Å². The SMILES string of the molecule is CCCNC(=O)NC(=O)COC(=O)c1ccc(OCc2c(C)noc2C)c(OC)c1. The number of ether oxygens (including phenoxy) is 3. The maximum Gasteiger partial charge on any atom is 0.338 e. The van der Waals surface area contributed by atoms with Crippen LogP contribution < -0.4 is 20.1 Å². The van der Waals surface area contributed by atoms with Gasteiger partial charge in [-0.1, -0.05) is 12.1 Å². The second-order valence-electron chi connectivity index (χ2n) is 6.34. The third-order valence-corrected chi connectivity index (χ3v) is 4.08. The molecule has 162 valence electrons. The summed E-state index contributed by atoms with van der Waals surface area (Å²) in [5.74, 6) is -0.0784. The number of nitrogens with one attached hydrogen (secondary N) is 2. The van der Waals surface area contributed by atoms with Gasteiger partial charge in [0.25, 0.3) is 5.91 Å².